The summed E-state index contributed by atoms with van der Waals surface area (Å²) in [5.41, 5.74) is 0.392. The van der Waals surface area contributed by atoms with Crippen molar-refractivity contribution >= 4 is 44.6 Å². The Hall–Kier alpha value is -1.04. The summed E-state index contributed by atoms with van der Waals surface area (Å²) in [7, 11) is -3.46. The van der Waals surface area contributed by atoms with Crippen molar-refractivity contribution in [2.75, 3.05) is 16.8 Å². The molecule has 1 aromatic carbocycles. The summed E-state index contributed by atoms with van der Waals surface area (Å²) in [6.45, 7) is 3.32. The van der Waals surface area contributed by atoms with Gasteiger partial charge in [0, 0.05) is 5.69 Å². The number of sulfone groups is 1. The maximum absolute atomic E-state index is 11.5. The van der Waals surface area contributed by atoms with Crippen molar-refractivity contribution in [3.05, 3.63) is 40.9 Å². The van der Waals surface area contributed by atoms with Crippen LogP contribution >= 0.6 is 23.2 Å². The van der Waals surface area contributed by atoms with Gasteiger partial charge in [-0.1, -0.05) is 29.3 Å². The van der Waals surface area contributed by atoms with Crippen LogP contribution in [0.3, 0.4) is 0 Å². The summed E-state index contributed by atoms with van der Waals surface area (Å²) in [5.74, 6) is -1.46. The molecule has 0 unspecified atom stereocenters. The highest BCUT2D eigenvalue weighted by atomic mass is 35.5. The SMILES string of the molecule is C=CCS(=O)(=O)CC(=O)Nc1ccc(Cl)c(Cl)c1. The summed E-state index contributed by atoms with van der Waals surface area (Å²) in [6, 6.07) is 4.49. The third-order valence-corrected chi connectivity index (χ3v) is 4.11. The van der Waals surface area contributed by atoms with E-state index in [0.717, 1.165) is 0 Å². The molecule has 0 heterocycles. The van der Waals surface area contributed by atoms with Crippen LogP contribution in [0, 0.1) is 0 Å². The number of carbonyl (C=O) groups is 1. The Morgan fingerprint density at radius 1 is 1.33 bits per heavy atom. The number of anilines is 1. The average Bonchev–Trinajstić information content (AvgIpc) is 2.22. The predicted octanol–water partition coefficient (Wildman–Crippen LogP) is 2.53. The second kappa shape index (κ2) is 6.22. The highest BCUT2D eigenvalue weighted by molar-refractivity contribution is 7.92. The van der Waals surface area contributed by atoms with Crippen molar-refractivity contribution in [2.45, 2.75) is 0 Å². The van der Waals surface area contributed by atoms with Crippen LogP contribution in [0.4, 0.5) is 5.69 Å². The van der Waals surface area contributed by atoms with Crippen LogP contribution in [0.2, 0.25) is 10.0 Å². The standard InChI is InChI=1S/C11H11Cl2NO3S/c1-2-5-18(16,17)7-11(15)14-8-3-4-9(12)10(13)6-8/h2-4,6H,1,5,7H2,(H,14,15). The molecule has 1 rings (SSSR count). The maximum atomic E-state index is 11.5. The molecule has 1 N–H and O–H groups in total. The van der Waals surface area contributed by atoms with E-state index in [9.17, 15) is 13.2 Å². The van der Waals surface area contributed by atoms with Gasteiger partial charge < -0.3 is 5.32 Å². The van der Waals surface area contributed by atoms with E-state index in [0.29, 0.717) is 10.7 Å². The minimum Gasteiger partial charge on any atom is -0.325 e. The molecule has 0 aromatic heterocycles. The number of hydrogen-bond acceptors (Lipinski definition) is 3. The first kappa shape index (κ1) is 15.0. The summed E-state index contributed by atoms with van der Waals surface area (Å²) >= 11 is 11.5. The molecule has 0 aliphatic carbocycles. The molecule has 0 bridgehead atoms. The van der Waals surface area contributed by atoms with Crippen LogP contribution in [0.1, 0.15) is 0 Å². The molecular weight excluding hydrogens is 297 g/mol. The Morgan fingerprint density at radius 3 is 2.56 bits per heavy atom. The molecule has 1 amide bonds. The van der Waals surface area contributed by atoms with Gasteiger partial charge >= 0.3 is 0 Å². The van der Waals surface area contributed by atoms with Crippen molar-refractivity contribution in [1.29, 1.82) is 0 Å². The molecule has 7 heteroatoms. The number of amides is 1. The Bertz CT molecular complexity index is 570. The Morgan fingerprint density at radius 2 is 2.00 bits per heavy atom. The lowest BCUT2D eigenvalue weighted by molar-refractivity contribution is -0.113. The Balaban J connectivity index is 2.70. The van der Waals surface area contributed by atoms with Gasteiger partial charge in [-0.3, -0.25) is 4.79 Å². The first-order valence-corrected chi connectivity index (χ1v) is 7.48. The fraction of sp³-hybridized carbons (Fsp3) is 0.182. The lowest BCUT2D eigenvalue weighted by Gasteiger charge is -2.06. The van der Waals surface area contributed by atoms with E-state index in [4.69, 9.17) is 23.2 Å². The lowest BCUT2D eigenvalue weighted by Crippen LogP contribution is -2.24. The number of carbonyl (C=O) groups excluding carboxylic acids is 1. The zero-order valence-electron chi connectivity index (χ0n) is 9.32. The molecule has 98 valence electrons. The van der Waals surface area contributed by atoms with Gasteiger partial charge in [0.05, 0.1) is 15.8 Å². The normalized spacial score (nSPS) is 11.0. The number of rotatable bonds is 5. The molecule has 0 radical (unpaired) electrons. The van der Waals surface area contributed by atoms with E-state index in [1.54, 1.807) is 0 Å². The summed E-state index contributed by atoms with van der Waals surface area (Å²) in [6.07, 6.45) is 1.24. The smallest absolute Gasteiger partial charge is 0.239 e. The topological polar surface area (TPSA) is 63.2 Å². The van der Waals surface area contributed by atoms with Gasteiger partial charge in [0.1, 0.15) is 5.75 Å². The Labute approximate surface area is 116 Å². The first-order valence-electron chi connectivity index (χ1n) is 4.90. The van der Waals surface area contributed by atoms with E-state index in [1.807, 2.05) is 0 Å². The number of hydrogen-bond donors (Lipinski definition) is 1. The van der Waals surface area contributed by atoms with Crippen molar-refractivity contribution in [3.63, 3.8) is 0 Å². The fourth-order valence-corrected chi connectivity index (χ4v) is 2.46. The monoisotopic (exact) mass is 307 g/mol. The summed E-state index contributed by atoms with van der Waals surface area (Å²) < 4.78 is 22.7. The minimum atomic E-state index is -3.46. The van der Waals surface area contributed by atoms with Gasteiger partial charge in [0.15, 0.2) is 9.84 Å². The zero-order valence-corrected chi connectivity index (χ0v) is 11.6. The molecule has 18 heavy (non-hydrogen) atoms. The van der Waals surface area contributed by atoms with Crippen molar-refractivity contribution in [2.24, 2.45) is 0 Å². The average molecular weight is 308 g/mol. The van der Waals surface area contributed by atoms with Crippen LogP contribution in [-0.4, -0.2) is 25.8 Å². The molecular formula is C11H11Cl2NO3S. The lowest BCUT2D eigenvalue weighted by atomic mass is 10.3. The molecule has 0 spiro atoms. The molecule has 0 saturated heterocycles. The second-order valence-electron chi connectivity index (χ2n) is 3.52. The van der Waals surface area contributed by atoms with Crippen LogP contribution < -0.4 is 5.32 Å². The van der Waals surface area contributed by atoms with Gasteiger partial charge in [0.2, 0.25) is 5.91 Å². The van der Waals surface area contributed by atoms with Gasteiger partial charge in [-0.2, -0.15) is 0 Å². The van der Waals surface area contributed by atoms with Crippen LogP contribution in [-0.2, 0) is 14.6 Å². The number of benzene rings is 1. The highest BCUT2D eigenvalue weighted by Gasteiger charge is 2.15. The molecule has 1 aromatic rings. The van der Waals surface area contributed by atoms with Crippen molar-refractivity contribution in [3.8, 4) is 0 Å². The summed E-state index contributed by atoms with van der Waals surface area (Å²) in [5, 5.41) is 3.07. The number of halogens is 2. The maximum Gasteiger partial charge on any atom is 0.239 e. The second-order valence-corrected chi connectivity index (χ2v) is 6.44. The first-order chi connectivity index (χ1) is 8.34. The predicted molar refractivity (Wildman–Crippen MR) is 73.9 cm³/mol. The van der Waals surface area contributed by atoms with Gasteiger partial charge in [-0.15, -0.1) is 6.58 Å². The molecule has 0 aliphatic rings. The molecule has 0 fully saturated rings. The fourth-order valence-electron chi connectivity index (χ4n) is 1.21. The van der Waals surface area contributed by atoms with Gasteiger partial charge in [-0.25, -0.2) is 8.42 Å². The minimum absolute atomic E-state index is 0.234. The van der Waals surface area contributed by atoms with Crippen LogP contribution in [0.15, 0.2) is 30.9 Å². The van der Waals surface area contributed by atoms with Gasteiger partial charge in [-0.05, 0) is 18.2 Å². The molecule has 0 saturated carbocycles. The molecule has 4 nitrogen and oxygen atoms in total. The van der Waals surface area contributed by atoms with E-state index in [-0.39, 0.29) is 10.8 Å². The van der Waals surface area contributed by atoms with Crippen molar-refractivity contribution < 1.29 is 13.2 Å². The zero-order chi connectivity index (χ0) is 13.8. The molecule has 0 aliphatic heterocycles. The third kappa shape index (κ3) is 4.68. The third-order valence-electron chi connectivity index (χ3n) is 1.93. The van der Waals surface area contributed by atoms with E-state index < -0.39 is 21.5 Å². The summed E-state index contributed by atoms with van der Waals surface area (Å²) in [4.78, 5) is 11.5. The Kier molecular flexibility index (Phi) is 5.19. The number of nitrogens with one attached hydrogen (secondary N) is 1. The van der Waals surface area contributed by atoms with Crippen molar-refractivity contribution in [1.82, 2.24) is 0 Å². The quantitative estimate of drug-likeness (QED) is 0.850. The highest BCUT2D eigenvalue weighted by Crippen LogP contribution is 2.24. The van der Waals surface area contributed by atoms with Crippen LogP contribution in [0.5, 0.6) is 0 Å². The van der Waals surface area contributed by atoms with Crippen LogP contribution in [0.25, 0.3) is 0 Å². The van der Waals surface area contributed by atoms with E-state index in [2.05, 4.69) is 11.9 Å². The largest absolute Gasteiger partial charge is 0.325 e. The van der Waals surface area contributed by atoms with E-state index >= 15 is 0 Å². The van der Waals surface area contributed by atoms with Gasteiger partial charge in [0.25, 0.3) is 0 Å². The molecule has 0 atom stereocenters. The van der Waals surface area contributed by atoms with E-state index in [1.165, 1.54) is 24.3 Å².